The van der Waals surface area contributed by atoms with Gasteiger partial charge in [-0.2, -0.15) is 0 Å². The van der Waals surface area contributed by atoms with E-state index < -0.39 is 0 Å². The maximum absolute atomic E-state index is 12.5. The summed E-state index contributed by atoms with van der Waals surface area (Å²) in [6, 6.07) is 11.9. The summed E-state index contributed by atoms with van der Waals surface area (Å²) >= 11 is 0. The molecular formula is C20H21N3O. The van der Waals surface area contributed by atoms with Crippen molar-refractivity contribution in [1.82, 2.24) is 14.9 Å². The van der Waals surface area contributed by atoms with Crippen LogP contribution in [0.25, 0.3) is 10.9 Å². The Bertz CT molecular complexity index is 940. The van der Waals surface area contributed by atoms with Gasteiger partial charge in [-0.05, 0) is 37.1 Å². The van der Waals surface area contributed by atoms with Crippen LogP contribution in [-0.4, -0.2) is 28.0 Å². The van der Waals surface area contributed by atoms with E-state index in [2.05, 4.69) is 27.0 Å². The minimum atomic E-state index is 0.113. The van der Waals surface area contributed by atoms with Crippen LogP contribution in [0.5, 0.6) is 0 Å². The molecule has 1 saturated heterocycles. The lowest BCUT2D eigenvalue weighted by molar-refractivity contribution is 0.135. The van der Waals surface area contributed by atoms with Crippen molar-refractivity contribution < 1.29 is 0 Å². The molecule has 1 aliphatic rings. The zero-order chi connectivity index (χ0) is 16.7. The van der Waals surface area contributed by atoms with Crippen LogP contribution in [0.1, 0.15) is 28.4 Å². The van der Waals surface area contributed by atoms with E-state index in [4.69, 9.17) is 0 Å². The number of aryl methyl sites for hydroxylation is 2. The number of hydrogen-bond acceptors (Lipinski definition) is 3. The molecule has 1 N–H and O–H groups in total. The third-order valence-corrected chi connectivity index (χ3v) is 4.92. The van der Waals surface area contributed by atoms with E-state index in [1.807, 2.05) is 38.2 Å². The van der Waals surface area contributed by atoms with E-state index in [0.717, 1.165) is 53.1 Å². The van der Waals surface area contributed by atoms with Gasteiger partial charge in [-0.15, -0.1) is 0 Å². The molecule has 4 nitrogen and oxygen atoms in total. The van der Waals surface area contributed by atoms with E-state index >= 15 is 0 Å². The number of hydrogen-bond donors (Lipinski definition) is 1. The van der Waals surface area contributed by atoms with E-state index in [-0.39, 0.29) is 5.43 Å². The van der Waals surface area contributed by atoms with Gasteiger partial charge in [-0.3, -0.25) is 14.7 Å². The molecule has 3 aromatic rings. The summed E-state index contributed by atoms with van der Waals surface area (Å²) in [4.78, 5) is 22.8. The van der Waals surface area contributed by atoms with Gasteiger partial charge in [-0.1, -0.05) is 18.2 Å². The number of aromatic nitrogens is 2. The average Bonchev–Trinajstić information content (AvgIpc) is 2.54. The van der Waals surface area contributed by atoms with Gasteiger partial charge in [0.05, 0.1) is 5.52 Å². The van der Waals surface area contributed by atoms with Crippen LogP contribution in [0.15, 0.2) is 47.4 Å². The summed E-state index contributed by atoms with van der Waals surface area (Å²) < 4.78 is 0. The number of fused-ring (bicyclic) bond motifs is 1. The van der Waals surface area contributed by atoms with Gasteiger partial charge in [0.2, 0.25) is 0 Å². The van der Waals surface area contributed by atoms with Gasteiger partial charge in [-0.25, -0.2) is 0 Å². The fourth-order valence-electron chi connectivity index (χ4n) is 3.55. The molecule has 3 heterocycles. The normalized spacial score (nSPS) is 15.6. The lowest BCUT2D eigenvalue weighted by Gasteiger charge is -2.38. The first-order valence-electron chi connectivity index (χ1n) is 8.37. The highest BCUT2D eigenvalue weighted by Gasteiger charge is 2.29. The number of benzene rings is 1. The van der Waals surface area contributed by atoms with Crippen LogP contribution < -0.4 is 5.43 Å². The molecule has 0 bridgehead atoms. The smallest absolute Gasteiger partial charge is 0.189 e. The quantitative estimate of drug-likeness (QED) is 0.807. The molecule has 4 heteroatoms. The molecule has 1 aliphatic heterocycles. The summed E-state index contributed by atoms with van der Waals surface area (Å²) in [6.45, 7) is 6.79. The monoisotopic (exact) mass is 319 g/mol. The van der Waals surface area contributed by atoms with Crippen molar-refractivity contribution in [2.45, 2.75) is 26.3 Å². The highest BCUT2D eigenvalue weighted by molar-refractivity contribution is 5.84. The number of nitrogens with zero attached hydrogens (tertiary/aromatic N) is 2. The summed E-state index contributed by atoms with van der Waals surface area (Å²) in [7, 11) is 0. The third kappa shape index (κ3) is 2.63. The molecule has 24 heavy (non-hydrogen) atoms. The van der Waals surface area contributed by atoms with Crippen molar-refractivity contribution in [2.24, 2.45) is 0 Å². The number of rotatable bonds is 3. The molecule has 0 saturated carbocycles. The summed E-state index contributed by atoms with van der Waals surface area (Å²) in [5.41, 5.74) is 5.38. The van der Waals surface area contributed by atoms with Crippen LogP contribution in [-0.2, 0) is 6.54 Å². The van der Waals surface area contributed by atoms with Crippen molar-refractivity contribution in [3.63, 3.8) is 0 Å². The zero-order valence-corrected chi connectivity index (χ0v) is 14.0. The number of likely N-dealkylation sites (tertiary alicyclic amines) is 1. The van der Waals surface area contributed by atoms with E-state index in [1.54, 1.807) is 6.07 Å². The number of pyridine rings is 2. The molecule has 0 spiro atoms. The molecule has 0 atom stereocenters. The van der Waals surface area contributed by atoms with Crippen molar-refractivity contribution in [3.05, 3.63) is 75.3 Å². The van der Waals surface area contributed by atoms with Crippen LogP contribution in [0.2, 0.25) is 0 Å². The summed E-state index contributed by atoms with van der Waals surface area (Å²) in [6.07, 6.45) is 1.85. The topological polar surface area (TPSA) is 49.0 Å². The van der Waals surface area contributed by atoms with E-state index in [1.165, 1.54) is 0 Å². The largest absolute Gasteiger partial charge is 0.357 e. The maximum atomic E-state index is 12.5. The molecular weight excluding hydrogens is 298 g/mol. The van der Waals surface area contributed by atoms with Crippen LogP contribution in [0.4, 0.5) is 0 Å². The van der Waals surface area contributed by atoms with Crippen molar-refractivity contribution in [3.8, 4) is 0 Å². The van der Waals surface area contributed by atoms with E-state index in [0.29, 0.717) is 5.92 Å². The minimum absolute atomic E-state index is 0.113. The van der Waals surface area contributed by atoms with Crippen LogP contribution in [0.3, 0.4) is 0 Å². The molecule has 1 aromatic carbocycles. The van der Waals surface area contributed by atoms with Gasteiger partial charge < -0.3 is 4.98 Å². The number of nitrogens with one attached hydrogen (secondary N) is 1. The Labute approximate surface area is 141 Å². The first-order valence-corrected chi connectivity index (χ1v) is 8.37. The summed E-state index contributed by atoms with van der Waals surface area (Å²) in [5, 5.41) is 0.814. The second kappa shape index (κ2) is 5.87. The van der Waals surface area contributed by atoms with Crippen molar-refractivity contribution >= 4 is 10.9 Å². The van der Waals surface area contributed by atoms with Gasteiger partial charge in [0.1, 0.15) is 0 Å². The Morgan fingerprint density at radius 3 is 2.71 bits per heavy atom. The third-order valence-electron chi connectivity index (χ3n) is 4.92. The van der Waals surface area contributed by atoms with Gasteiger partial charge in [0.25, 0.3) is 0 Å². The first-order chi connectivity index (χ1) is 11.6. The Morgan fingerprint density at radius 1 is 1.17 bits per heavy atom. The van der Waals surface area contributed by atoms with Crippen LogP contribution in [0, 0.1) is 13.8 Å². The highest BCUT2D eigenvalue weighted by atomic mass is 16.1. The fourth-order valence-corrected chi connectivity index (χ4v) is 3.55. The van der Waals surface area contributed by atoms with Crippen LogP contribution >= 0.6 is 0 Å². The number of aromatic amines is 1. The predicted molar refractivity (Wildman–Crippen MR) is 96.3 cm³/mol. The lowest BCUT2D eigenvalue weighted by atomic mass is 9.95. The van der Waals surface area contributed by atoms with E-state index in [9.17, 15) is 4.79 Å². The molecule has 2 aromatic heterocycles. The molecule has 122 valence electrons. The Kier molecular flexibility index (Phi) is 3.69. The SMILES string of the molecule is Cc1ccc(C)c2c(=O)cc(CN3CC(c4ccccn4)C3)[nH]c12. The molecule has 1 fully saturated rings. The van der Waals surface area contributed by atoms with Gasteiger partial charge in [0, 0.05) is 54.6 Å². The zero-order valence-electron chi connectivity index (χ0n) is 14.0. The second-order valence-corrected chi connectivity index (χ2v) is 6.75. The molecule has 0 aliphatic carbocycles. The minimum Gasteiger partial charge on any atom is -0.357 e. The Balaban J connectivity index is 1.54. The molecule has 0 unspecified atom stereocenters. The molecule has 0 radical (unpaired) electrons. The number of H-pyrrole nitrogens is 1. The standard InChI is InChI=1S/C20H21N3O/c1-13-6-7-14(2)20-19(13)18(24)9-16(22-20)12-23-10-15(11-23)17-5-3-4-8-21-17/h3-9,15H,10-12H2,1-2H3,(H,22,24). The lowest BCUT2D eigenvalue weighted by Crippen LogP contribution is -2.44. The van der Waals surface area contributed by atoms with Gasteiger partial charge >= 0.3 is 0 Å². The Morgan fingerprint density at radius 2 is 1.96 bits per heavy atom. The second-order valence-electron chi connectivity index (χ2n) is 6.75. The van der Waals surface area contributed by atoms with Gasteiger partial charge in [0.15, 0.2) is 5.43 Å². The average molecular weight is 319 g/mol. The molecule has 4 rings (SSSR count). The first kappa shape index (κ1) is 15.1. The summed E-state index contributed by atoms with van der Waals surface area (Å²) in [5.74, 6) is 0.502. The maximum Gasteiger partial charge on any atom is 0.189 e. The molecule has 0 amide bonds. The predicted octanol–water partition coefficient (Wildman–Crippen LogP) is 3.14. The van der Waals surface area contributed by atoms with Crippen molar-refractivity contribution in [2.75, 3.05) is 13.1 Å². The fraction of sp³-hybridized carbons (Fsp3) is 0.300. The Hall–Kier alpha value is -2.46. The van der Waals surface area contributed by atoms with Crippen molar-refractivity contribution in [1.29, 1.82) is 0 Å². The highest BCUT2D eigenvalue weighted by Crippen LogP contribution is 2.26.